The van der Waals surface area contributed by atoms with Crippen molar-refractivity contribution < 1.29 is 21.7 Å². The van der Waals surface area contributed by atoms with E-state index in [9.17, 15) is 0 Å². The Morgan fingerprint density at radius 3 is 0.838 bits per heavy atom. The second-order valence-electron chi connectivity index (χ2n) is 10.8. The van der Waals surface area contributed by atoms with Crippen LogP contribution in [-0.4, -0.2) is 8.07 Å². The van der Waals surface area contributed by atoms with Gasteiger partial charge in [0, 0.05) is 0 Å². The molecule has 193 valence electrons. The van der Waals surface area contributed by atoms with Gasteiger partial charge in [-0.1, -0.05) is 131 Å². The van der Waals surface area contributed by atoms with Crippen LogP contribution in [0.1, 0.15) is 55.6 Å². The molecular formula is C35H45SiTi. The van der Waals surface area contributed by atoms with Gasteiger partial charge in [0.05, 0.1) is 0 Å². The van der Waals surface area contributed by atoms with Crippen LogP contribution in [0.2, 0.25) is 0 Å². The third kappa shape index (κ3) is 5.70. The third-order valence-corrected chi connectivity index (χ3v) is 12.7. The Balaban J connectivity index is 0.00000228. The molecule has 0 aliphatic carbocycles. The zero-order chi connectivity index (χ0) is 24.9. The maximum atomic E-state index is 2.48. The van der Waals surface area contributed by atoms with Crippen LogP contribution >= 0.6 is 0 Å². The quantitative estimate of drug-likeness (QED) is 0.152. The zero-order valence-electron chi connectivity index (χ0n) is 25.2. The van der Waals surface area contributed by atoms with Crippen molar-refractivity contribution >= 4 is 28.8 Å². The van der Waals surface area contributed by atoms with Gasteiger partial charge in [0.1, 0.15) is 8.07 Å². The molecule has 4 aromatic rings. The van der Waals surface area contributed by atoms with Gasteiger partial charge in [0.15, 0.2) is 0 Å². The topological polar surface area (TPSA) is 0 Å². The van der Waals surface area contributed by atoms with E-state index in [1.54, 1.807) is 5.19 Å². The minimum absolute atomic E-state index is 0. The average Bonchev–Trinajstić information content (AvgIpc) is 2.91. The van der Waals surface area contributed by atoms with E-state index in [4.69, 9.17) is 0 Å². The van der Waals surface area contributed by atoms with Gasteiger partial charge in [-0.3, -0.25) is 0 Å². The molecule has 0 unspecified atom stereocenters. The van der Waals surface area contributed by atoms with Crippen LogP contribution in [0.15, 0.2) is 54.6 Å². The summed E-state index contributed by atoms with van der Waals surface area (Å²) in [6.45, 7) is 22.8. The zero-order valence-corrected chi connectivity index (χ0v) is 27.8. The fourth-order valence-electron chi connectivity index (χ4n) is 6.29. The summed E-state index contributed by atoms with van der Waals surface area (Å²) >= 11 is 0. The number of aryl methyl sites for hydroxylation is 6. The molecule has 0 spiro atoms. The SMILES string of the molecule is Cc1cc(C)cc([Si](c2cc(C)cc(C)c2)(c2cc(C)cc(C)c2)[c-]2c(C)c(C)c(C)c2C)c1.[CH3-].[CH3-].[Ti+3]. The van der Waals surface area contributed by atoms with Crippen LogP contribution in [-0.2, 0) is 21.7 Å². The Labute approximate surface area is 243 Å². The van der Waals surface area contributed by atoms with Crippen LogP contribution in [0.25, 0.3) is 0 Å². The van der Waals surface area contributed by atoms with Crippen molar-refractivity contribution in [3.63, 3.8) is 0 Å². The normalized spacial score (nSPS) is 10.9. The van der Waals surface area contributed by atoms with Crippen molar-refractivity contribution in [1.82, 2.24) is 0 Å². The first kappa shape index (κ1) is 33.0. The van der Waals surface area contributed by atoms with Gasteiger partial charge >= 0.3 is 21.7 Å². The molecule has 0 saturated heterocycles. The molecule has 0 aromatic heterocycles. The number of hydrogen-bond donors (Lipinski definition) is 0. The van der Waals surface area contributed by atoms with Crippen molar-refractivity contribution in [2.45, 2.75) is 69.2 Å². The van der Waals surface area contributed by atoms with Crippen LogP contribution in [0.5, 0.6) is 0 Å². The van der Waals surface area contributed by atoms with Gasteiger partial charge in [0.25, 0.3) is 0 Å². The van der Waals surface area contributed by atoms with Crippen LogP contribution < -0.4 is 20.7 Å². The number of benzene rings is 3. The van der Waals surface area contributed by atoms with E-state index in [0.29, 0.717) is 0 Å². The second kappa shape index (κ2) is 12.2. The fraction of sp³-hybridized carbons (Fsp3) is 0.286. The predicted molar refractivity (Wildman–Crippen MR) is 166 cm³/mol. The van der Waals surface area contributed by atoms with Crippen LogP contribution in [0.4, 0.5) is 0 Å². The van der Waals surface area contributed by atoms with E-state index in [-0.39, 0.29) is 36.6 Å². The largest absolute Gasteiger partial charge is 3.00 e. The molecule has 37 heavy (non-hydrogen) atoms. The molecular weight excluding hydrogens is 496 g/mol. The fourth-order valence-corrected chi connectivity index (χ4v) is 12.3. The van der Waals surface area contributed by atoms with Gasteiger partial charge in [-0.2, -0.15) is 22.3 Å². The standard InChI is InChI=1S/C33H39Si.2CH3.Ti/c1-20-11-21(2)15-30(14-20)34(31-16-22(3)12-23(4)17-31,32-18-24(5)13-25(6)19-32)33-28(9)26(7)27(8)29(33)10;;;/h11-19H,1-10H3;2*1H3;/q3*-1;+3. The molecule has 1 radical (unpaired) electrons. The van der Waals surface area contributed by atoms with Crippen LogP contribution in [0, 0.1) is 84.1 Å². The van der Waals surface area contributed by atoms with Crippen molar-refractivity contribution in [3.8, 4) is 0 Å². The first-order chi connectivity index (χ1) is 15.9. The minimum atomic E-state index is -2.59. The van der Waals surface area contributed by atoms with E-state index in [0.717, 1.165) is 0 Å². The Morgan fingerprint density at radius 1 is 0.405 bits per heavy atom. The summed E-state index contributed by atoms with van der Waals surface area (Å²) < 4.78 is 0. The predicted octanol–water partition coefficient (Wildman–Crippen LogP) is 6.77. The minimum Gasteiger partial charge on any atom is -0.358 e. The molecule has 4 aromatic carbocycles. The van der Waals surface area contributed by atoms with Crippen molar-refractivity contribution in [1.29, 1.82) is 0 Å². The number of hydrogen-bond acceptors (Lipinski definition) is 0. The van der Waals surface area contributed by atoms with Gasteiger partial charge in [-0.15, -0.1) is 5.19 Å². The molecule has 0 heterocycles. The molecule has 0 N–H and O–H groups in total. The Morgan fingerprint density at radius 2 is 0.622 bits per heavy atom. The van der Waals surface area contributed by atoms with Gasteiger partial charge in [-0.25, -0.2) is 0 Å². The Hall–Kier alpha value is -2.06. The van der Waals surface area contributed by atoms with Crippen molar-refractivity contribution in [2.24, 2.45) is 0 Å². The van der Waals surface area contributed by atoms with E-state index >= 15 is 0 Å². The number of rotatable bonds is 4. The summed E-state index contributed by atoms with van der Waals surface area (Å²) in [5.41, 5.74) is 13.9. The molecule has 0 amide bonds. The molecule has 2 heteroatoms. The molecule has 0 fully saturated rings. The van der Waals surface area contributed by atoms with E-state index in [1.165, 1.54) is 71.2 Å². The monoisotopic (exact) mass is 541 g/mol. The molecule has 0 aliphatic heterocycles. The van der Waals surface area contributed by atoms with Crippen LogP contribution in [0.3, 0.4) is 0 Å². The molecule has 0 nitrogen and oxygen atoms in total. The smallest absolute Gasteiger partial charge is 0.358 e. The first-order valence-electron chi connectivity index (χ1n) is 12.4. The molecule has 0 bridgehead atoms. The van der Waals surface area contributed by atoms with Crippen molar-refractivity contribution in [3.05, 3.63) is 125 Å². The maximum absolute atomic E-state index is 2.59. The van der Waals surface area contributed by atoms with E-state index < -0.39 is 8.07 Å². The van der Waals surface area contributed by atoms with E-state index in [1.807, 2.05) is 0 Å². The molecule has 0 saturated carbocycles. The Bertz CT molecular complexity index is 1190. The van der Waals surface area contributed by atoms with Crippen molar-refractivity contribution in [2.75, 3.05) is 0 Å². The maximum Gasteiger partial charge on any atom is 3.00 e. The summed E-state index contributed by atoms with van der Waals surface area (Å²) in [6, 6.07) is 21.8. The summed E-state index contributed by atoms with van der Waals surface area (Å²) in [4.78, 5) is 0. The average molecular weight is 542 g/mol. The van der Waals surface area contributed by atoms with E-state index in [2.05, 4.69) is 124 Å². The van der Waals surface area contributed by atoms with Gasteiger partial charge in [-0.05, 0) is 41.5 Å². The molecule has 0 atom stereocenters. The van der Waals surface area contributed by atoms with Gasteiger partial charge < -0.3 is 14.9 Å². The second-order valence-corrected chi connectivity index (χ2v) is 14.5. The third-order valence-electron chi connectivity index (χ3n) is 7.78. The summed E-state index contributed by atoms with van der Waals surface area (Å²) in [6.07, 6.45) is 0. The Kier molecular flexibility index (Phi) is 10.9. The first-order valence-corrected chi connectivity index (χ1v) is 14.4. The molecule has 0 aliphatic rings. The summed E-state index contributed by atoms with van der Waals surface area (Å²) in [5, 5.41) is 6.08. The molecule has 4 rings (SSSR count). The summed E-state index contributed by atoms with van der Waals surface area (Å²) in [5.74, 6) is 0. The van der Waals surface area contributed by atoms with Gasteiger partial charge in [0.2, 0.25) is 0 Å². The summed E-state index contributed by atoms with van der Waals surface area (Å²) in [7, 11) is -2.59.